The van der Waals surface area contributed by atoms with Gasteiger partial charge in [-0.15, -0.1) is 0 Å². The number of ether oxygens (including phenoxy) is 1. The Balaban J connectivity index is 1.62. The lowest BCUT2D eigenvalue weighted by molar-refractivity contribution is -0.137. The predicted octanol–water partition coefficient (Wildman–Crippen LogP) is 3.40. The molecule has 23 heavy (non-hydrogen) atoms. The molecule has 4 heteroatoms. The number of carbonyl (C=O) groups is 2. The molecule has 0 spiro atoms. The van der Waals surface area contributed by atoms with E-state index in [0.717, 1.165) is 36.6 Å². The van der Waals surface area contributed by atoms with E-state index in [1.54, 1.807) is 12.1 Å². The van der Waals surface area contributed by atoms with Crippen LogP contribution in [-0.4, -0.2) is 36.0 Å². The summed E-state index contributed by atoms with van der Waals surface area (Å²) in [6.07, 6.45) is 3.20. The zero-order valence-electron chi connectivity index (χ0n) is 13.3. The van der Waals surface area contributed by atoms with E-state index in [-0.39, 0.29) is 18.6 Å². The molecular formula is C19H21NO3. The number of likely N-dealkylation sites (tertiary alicyclic amines) is 1. The maximum atomic E-state index is 12.2. The lowest BCUT2D eigenvalue weighted by Crippen LogP contribution is -2.44. The van der Waals surface area contributed by atoms with E-state index >= 15 is 0 Å². The third-order valence-electron chi connectivity index (χ3n) is 4.44. The fraction of sp³-hybridized carbons (Fsp3) is 0.368. The first kappa shape index (κ1) is 15.5. The fourth-order valence-corrected chi connectivity index (χ4v) is 3.08. The first-order valence-corrected chi connectivity index (χ1v) is 8.10. The summed E-state index contributed by atoms with van der Waals surface area (Å²) in [7, 11) is 0. The second-order valence-electron chi connectivity index (χ2n) is 6.07. The molecule has 1 aliphatic heterocycles. The van der Waals surface area contributed by atoms with E-state index in [1.165, 1.54) is 0 Å². The minimum absolute atomic E-state index is 0.105. The largest absolute Gasteiger partial charge is 0.452 e. The van der Waals surface area contributed by atoms with E-state index in [1.807, 2.05) is 42.2 Å². The monoisotopic (exact) mass is 311 g/mol. The second kappa shape index (κ2) is 6.82. The van der Waals surface area contributed by atoms with Gasteiger partial charge in [0, 0.05) is 12.6 Å². The summed E-state index contributed by atoms with van der Waals surface area (Å²) in [5.41, 5.74) is 0.475. The summed E-state index contributed by atoms with van der Waals surface area (Å²) in [5, 5.41) is 2.06. The van der Waals surface area contributed by atoms with Crippen molar-refractivity contribution in [2.24, 2.45) is 0 Å². The Morgan fingerprint density at radius 3 is 2.70 bits per heavy atom. The van der Waals surface area contributed by atoms with Crippen LogP contribution in [0.1, 0.15) is 36.5 Å². The summed E-state index contributed by atoms with van der Waals surface area (Å²) >= 11 is 0. The van der Waals surface area contributed by atoms with Crippen molar-refractivity contribution in [2.45, 2.75) is 32.2 Å². The van der Waals surface area contributed by atoms with Crippen LogP contribution < -0.4 is 0 Å². The summed E-state index contributed by atoms with van der Waals surface area (Å²) in [4.78, 5) is 26.2. The Kier molecular flexibility index (Phi) is 4.60. The van der Waals surface area contributed by atoms with Crippen LogP contribution in [0.25, 0.3) is 10.8 Å². The third kappa shape index (κ3) is 3.52. The summed E-state index contributed by atoms with van der Waals surface area (Å²) < 4.78 is 5.21. The van der Waals surface area contributed by atoms with Crippen LogP contribution in [-0.2, 0) is 9.53 Å². The number of esters is 1. The molecule has 0 saturated carbocycles. The summed E-state index contributed by atoms with van der Waals surface area (Å²) in [6, 6.07) is 13.5. The van der Waals surface area contributed by atoms with E-state index in [2.05, 4.69) is 0 Å². The first-order chi connectivity index (χ1) is 11.1. The van der Waals surface area contributed by atoms with Crippen LogP contribution in [0.2, 0.25) is 0 Å². The molecule has 0 aliphatic carbocycles. The molecule has 1 fully saturated rings. The molecule has 0 aromatic heterocycles. The van der Waals surface area contributed by atoms with Gasteiger partial charge in [0.15, 0.2) is 6.61 Å². The van der Waals surface area contributed by atoms with Crippen molar-refractivity contribution >= 4 is 22.6 Å². The highest BCUT2D eigenvalue weighted by Crippen LogP contribution is 2.18. The van der Waals surface area contributed by atoms with Gasteiger partial charge >= 0.3 is 5.97 Å². The maximum Gasteiger partial charge on any atom is 0.338 e. The Bertz CT molecular complexity index is 725. The zero-order chi connectivity index (χ0) is 16.2. The van der Waals surface area contributed by atoms with Crippen LogP contribution in [0.3, 0.4) is 0 Å². The van der Waals surface area contributed by atoms with Crippen molar-refractivity contribution in [2.75, 3.05) is 13.2 Å². The maximum absolute atomic E-state index is 12.2. The van der Waals surface area contributed by atoms with Crippen LogP contribution in [0.4, 0.5) is 0 Å². The SMILES string of the molecule is CC1CCCCN1C(=O)COC(=O)c1ccc2ccccc2c1. The van der Waals surface area contributed by atoms with Crippen LogP contribution >= 0.6 is 0 Å². The Labute approximate surface area is 136 Å². The van der Waals surface area contributed by atoms with Gasteiger partial charge in [-0.2, -0.15) is 0 Å². The Morgan fingerprint density at radius 1 is 1.13 bits per heavy atom. The number of rotatable bonds is 3. The molecule has 2 aromatic carbocycles. The molecule has 1 saturated heterocycles. The third-order valence-corrected chi connectivity index (χ3v) is 4.44. The van der Waals surface area contributed by atoms with Gasteiger partial charge in [-0.25, -0.2) is 4.79 Å². The van der Waals surface area contributed by atoms with Gasteiger partial charge in [0.25, 0.3) is 5.91 Å². The van der Waals surface area contributed by atoms with Gasteiger partial charge in [0.2, 0.25) is 0 Å². The molecule has 0 radical (unpaired) electrons. The molecule has 2 aromatic rings. The number of hydrogen-bond acceptors (Lipinski definition) is 3. The number of benzene rings is 2. The number of piperidine rings is 1. The molecular weight excluding hydrogens is 290 g/mol. The van der Waals surface area contributed by atoms with Gasteiger partial charge in [0.05, 0.1) is 5.56 Å². The first-order valence-electron chi connectivity index (χ1n) is 8.10. The van der Waals surface area contributed by atoms with Crippen molar-refractivity contribution in [1.82, 2.24) is 4.90 Å². The van der Waals surface area contributed by atoms with Crippen molar-refractivity contribution in [1.29, 1.82) is 0 Å². The van der Waals surface area contributed by atoms with Gasteiger partial charge in [-0.05, 0) is 49.1 Å². The highest BCUT2D eigenvalue weighted by Gasteiger charge is 2.24. The summed E-state index contributed by atoms with van der Waals surface area (Å²) in [6.45, 7) is 2.62. The molecule has 0 bridgehead atoms. The fourth-order valence-electron chi connectivity index (χ4n) is 3.08. The second-order valence-corrected chi connectivity index (χ2v) is 6.07. The Hall–Kier alpha value is -2.36. The van der Waals surface area contributed by atoms with Crippen LogP contribution in [0.5, 0.6) is 0 Å². The van der Waals surface area contributed by atoms with Crippen molar-refractivity contribution in [3.05, 3.63) is 48.0 Å². The number of fused-ring (bicyclic) bond motifs is 1. The number of nitrogens with zero attached hydrogens (tertiary/aromatic N) is 1. The van der Waals surface area contributed by atoms with Crippen LogP contribution in [0, 0.1) is 0 Å². The molecule has 0 N–H and O–H groups in total. The van der Waals surface area contributed by atoms with E-state index in [4.69, 9.17) is 4.74 Å². The summed E-state index contributed by atoms with van der Waals surface area (Å²) in [5.74, 6) is -0.555. The highest BCUT2D eigenvalue weighted by molar-refractivity contribution is 5.96. The minimum atomic E-state index is -0.450. The van der Waals surface area contributed by atoms with E-state index in [9.17, 15) is 9.59 Å². The van der Waals surface area contributed by atoms with Gasteiger partial charge in [-0.3, -0.25) is 4.79 Å². The predicted molar refractivity (Wildman–Crippen MR) is 89.3 cm³/mol. The molecule has 1 unspecified atom stereocenters. The highest BCUT2D eigenvalue weighted by atomic mass is 16.5. The minimum Gasteiger partial charge on any atom is -0.452 e. The number of hydrogen-bond donors (Lipinski definition) is 0. The average molecular weight is 311 g/mol. The normalized spacial score (nSPS) is 18.0. The molecule has 1 aliphatic rings. The van der Waals surface area contributed by atoms with E-state index < -0.39 is 5.97 Å². The lowest BCUT2D eigenvalue weighted by Gasteiger charge is -2.33. The van der Waals surface area contributed by atoms with Crippen molar-refractivity contribution < 1.29 is 14.3 Å². The van der Waals surface area contributed by atoms with Crippen LogP contribution in [0.15, 0.2) is 42.5 Å². The standard InChI is InChI=1S/C19H21NO3/c1-14-6-4-5-11-20(14)18(21)13-23-19(22)17-10-9-15-7-2-3-8-16(15)12-17/h2-3,7-10,12,14H,4-6,11,13H2,1H3. The molecule has 4 nitrogen and oxygen atoms in total. The molecule has 1 heterocycles. The van der Waals surface area contributed by atoms with Crippen molar-refractivity contribution in [3.8, 4) is 0 Å². The van der Waals surface area contributed by atoms with Gasteiger partial charge in [-0.1, -0.05) is 30.3 Å². The smallest absolute Gasteiger partial charge is 0.338 e. The van der Waals surface area contributed by atoms with Crippen molar-refractivity contribution in [3.63, 3.8) is 0 Å². The van der Waals surface area contributed by atoms with Gasteiger partial charge < -0.3 is 9.64 Å². The Morgan fingerprint density at radius 2 is 1.91 bits per heavy atom. The molecule has 120 valence electrons. The van der Waals surface area contributed by atoms with E-state index in [0.29, 0.717) is 5.56 Å². The number of carbonyl (C=O) groups excluding carboxylic acids is 2. The zero-order valence-corrected chi connectivity index (χ0v) is 13.3. The quantitative estimate of drug-likeness (QED) is 0.816. The molecule has 1 atom stereocenters. The number of amides is 1. The molecule has 3 rings (SSSR count). The topological polar surface area (TPSA) is 46.6 Å². The average Bonchev–Trinajstić information content (AvgIpc) is 2.59. The lowest BCUT2D eigenvalue weighted by atomic mass is 10.0. The molecule has 1 amide bonds. The van der Waals surface area contributed by atoms with Gasteiger partial charge in [0.1, 0.15) is 0 Å².